The third-order valence-electron chi connectivity index (χ3n) is 2.17. The van der Waals surface area contributed by atoms with Crippen molar-refractivity contribution in [2.45, 2.75) is 6.54 Å². The summed E-state index contributed by atoms with van der Waals surface area (Å²) in [4.78, 5) is 7.81. The lowest BCUT2D eigenvalue weighted by Gasteiger charge is -2.07. The molecule has 2 rings (SSSR count). The zero-order chi connectivity index (χ0) is 12.3. The zero-order valence-electron chi connectivity index (χ0n) is 8.82. The van der Waals surface area contributed by atoms with Gasteiger partial charge in [0.2, 0.25) is 5.28 Å². The van der Waals surface area contributed by atoms with Gasteiger partial charge in [0, 0.05) is 23.5 Å². The first-order valence-corrected chi connectivity index (χ1v) is 5.68. The van der Waals surface area contributed by atoms with Crippen molar-refractivity contribution in [3.63, 3.8) is 0 Å². The van der Waals surface area contributed by atoms with Crippen molar-refractivity contribution >= 4 is 34.7 Å². The summed E-state index contributed by atoms with van der Waals surface area (Å²) in [5.41, 5.74) is 7.25. The van der Waals surface area contributed by atoms with E-state index < -0.39 is 0 Å². The molecule has 2 aromatic rings. The standard InChI is InChI=1S/C11H10Cl2N4/c12-9-5-8(2-1-7(9)6-14)16-10-3-4-15-11(13)17-10/h1-5H,6,14H2,(H,15,16,17). The van der Waals surface area contributed by atoms with E-state index in [1.165, 1.54) is 0 Å². The van der Waals surface area contributed by atoms with Crippen LogP contribution in [0.2, 0.25) is 10.3 Å². The largest absolute Gasteiger partial charge is 0.340 e. The fraction of sp³-hybridized carbons (Fsp3) is 0.0909. The van der Waals surface area contributed by atoms with Gasteiger partial charge >= 0.3 is 0 Å². The summed E-state index contributed by atoms with van der Waals surface area (Å²) in [7, 11) is 0. The second-order valence-electron chi connectivity index (χ2n) is 3.35. The number of nitrogens with one attached hydrogen (secondary N) is 1. The van der Waals surface area contributed by atoms with Gasteiger partial charge in [-0.05, 0) is 35.4 Å². The topological polar surface area (TPSA) is 63.8 Å². The quantitative estimate of drug-likeness (QED) is 0.841. The Balaban J connectivity index is 2.22. The number of halogens is 2. The molecular formula is C11H10Cl2N4. The van der Waals surface area contributed by atoms with Gasteiger partial charge in [0.25, 0.3) is 0 Å². The Hall–Kier alpha value is -1.36. The van der Waals surface area contributed by atoms with E-state index in [0.29, 0.717) is 17.4 Å². The van der Waals surface area contributed by atoms with Crippen LogP contribution in [0.25, 0.3) is 0 Å². The van der Waals surface area contributed by atoms with E-state index >= 15 is 0 Å². The van der Waals surface area contributed by atoms with Crippen LogP contribution in [0.5, 0.6) is 0 Å². The van der Waals surface area contributed by atoms with Crippen LogP contribution in [0.1, 0.15) is 5.56 Å². The van der Waals surface area contributed by atoms with Crippen LogP contribution in [0.4, 0.5) is 11.5 Å². The summed E-state index contributed by atoms with van der Waals surface area (Å²) in [6.45, 7) is 0.415. The average Bonchev–Trinajstić information content (AvgIpc) is 2.29. The summed E-state index contributed by atoms with van der Waals surface area (Å²) in [5, 5.41) is 3.89. The molecule has 1 heterocycles. The number of benzene rings is 1. The summed E-state index contributed by atoms with van der Waals surface area (Å²) in [5.74, 6) is 0.613. The highest BCUT2D eigenvalue weighted by Gasteiger charge is 2.02. The molecule has 6 heteroatoms. The van der Waals surface area contributed by atoms with Gasteiger partial charge in [-0.3, -0.25) is 0 Å². The Labute approximate surface area is 109 Å². The molecule has 88 valence electrons. The summed E-state index contributed by atoms with van der Waals surface area (Å²) in [6, 6.07) is 7.26. The first kappa shape index (κ1) is 12.1. The number of anilines is 2. The van der Waals surface area contributed by atoms with E-state index in [1.807, 2.05) is 12.1 Å². The summed E-state index contributed by atoms with van der Waals surface area (Å²) >= 11 is 11.7. The highest BCUT2D eigenvalue weighted by Crippen LogP contribution is 2.22. The van der Waals surface area contributed by atoms with E-state index in [0.717, 1.165) is 11.3 Å². The maximum atomic E-state index is 6.05. The Morgan fingerprint density at radius 1 is 1.24 bits per heavy atom. The second kappa shape index (κ2) is 5.31. The lowest BCUT2D eigenvalue weighted by atomic mass is 10.2. The van der Waals surface area contributed by atoms with Crippen LogP contribution in [0, 0.1) is 0 Å². The molecule has 0 fully saturated rings. The van der Waals surface area contributed by atoms with Gasteiger partial charge in [-0.2, -0.15) is 0 Å². The van der Waals surface area contributed by atoms with E-state index in [2.05, 4.69) is 15.3 Å². The first-order valence-electron chi connectivity index (χ1n) is 4.93. The van der Waals surface area contributed by atoms with E-state index in [4.69, 9.17) is 28.9 Å². The lowest BCUT2D eigenvalue weighted by molar-refractivity contribution is 1.07. The van der Waals surface area contributed by atoms with Crippen LogP contribution in [0.15, 0.2) is 30.5 Å². The number of rotatable bonds is 3. The number of aromatic nitrogens is 2. The molecule has 0 saturated heterocycles. The molecule has 0 aliphatic heterocycles. The Bertz CT molecular complexity index is 531. The van der Waals surface area contributed by atoms with Crippen molar-refractivity contribution in [3.05, 3.63) is 46.3 Å². The minimum atomic E-state index is 0.194. The molecule has 0 unspecified atom stereocenters. The minimum Gasteiger partial charge on any atom is -0.340 e. The van der Waals surface area contributed by atoms with Gasteiger partial charge in [-0.25, -0.2) is 9.97 Å². The monoisotopic (exact) mass is 268 g/mol. The van der Waals surface area contributed by atoms with Crippen LogP contribution in [-0.4, -0.2) is 9.97 Å². The average molecular weight is 269 g/mol. The van der Waals surface area contributed by atoms with Crippen LogP contribution >= 0.6 is 23.2 Å². The van der Waals surface area contributed by atoms with Gasteiger partial charge in [0.1, 0.15) is 5.82 Å². The van der Waals surface area contributed by atoms with Crippen molar-refractivity contribution in [1.29, 1.82) is 0 Å². The highest BCUT2D eigenvalue weighted by molar-refractivity contribution is 6.31. The predicted molar refractivity (Wildman–Crippen MR) is 69.7 cm³/mol. The SMILES string of the molecule is NCc1ccc(Nc2ccnc(Cl)n2)cc1Cl. The Morgan fingerprint density at radius 3 is 2.71 bits per heavy atom. The molecule has 17 heavy (non-hydrogen) atoms. The van der Waals surface area contributed by atoms with Gasteiger partial charge < -0.3 is 11.1 Å². The maximum Gasteiger partial charge on any atom is 0.224 e. The maximum absolute atomic E-state index is 6.05. The molecule has 0 radical (unpaired) electrons. The fourth-order valence-electron chi connectivity index (χ4n) is 1.34. The second-order valence-corrected chi connectivity index (χ2v) is 4.09. The number of nitrogens with two attached hydrogens (primary N) is 1. The zero-order valence-corrected chi connectivity index (χ0v) is 10.3. The van der Waals surface area contributed by atoms with Gasteiger partial charge in [0.15, 0.2) is 0 Å². The van der Waals surface area contributed by atoms with Gasteiger partial charge in [-0.1, -0.05) is 17.7 Å². The summed E-state index contributed by atoms with van der Waals surface area (Å²) < 4.78 is 0. The Kier molecular flexibility index (Phi) is 3.78. The third kappa shape index (κ3) is 3.06. The number of nitrogens with zero attached hydrogens (tertiary/aromatic N) is 2. The number of hydrogen-bond acceptors (Lipinski definition) is 4. The highest BCUT2D eigenvalue weighted by atomic mass is 35.5. The first-order chi connectivity index (χ1) is 8.19. The van der Waals surface area contributed by atoms with Crippen LogP contribution in [0.3, 0.4) is 0 Å². The van der Waals surface area contributed by atoms with E-state index in [-0.39, 0.29) is 5.28 Å². The third-order valence-corrected chi connectivity index (χ3v) is 2.71. The normalized spacial score (nSPS) is 10.3. The van der Waals surface area contributed by atoms with Gasteiger partial charge in [0.05, 0.1) is 0 Å². The molecule has 0 aliphatic rings. The lowest BCUT2D eigenvalue weighted by Crippen LogP contribution is -1.99. The van der Waals surface area contributed by atoms with Crippen molar-refractivity contribution in [2.75, 3.05) is 5.32 Å². The Morgan fingerprint density at radius 2 is 2.06 bits per heavy atom. The van der Waals surface area contributed by atoms with Crippen LogP contribution < -0.4 is 11.1 Å². The smallest absolute Gasteiger partial charge is 0.224 e. The van der Waals surface area contributed by atoms with Crippen molar-refractivity contribution < 1.29 is 0 Å². The predicted octanol–water partition coefficient (Wildman–Crippen LogP) is 2.99. The molecule has 4 nitrogen and oxygen atoms in total. The molecule has 0 amide bonds. The molecule has 0 bridgehead atoms. The van der Waals surface area contributed by atoms with Crippen LogP contribution in [-0.2, 0) is 6.54 Å². The van der Waals surface area contributed by atoms with Crippen molar-refractivity contribution in [2.24, 2.45) is 5.73 Å². The molecule has 0 saturated carbocycles. The van der Waals surface area contributed by atoms with E-state index in [9.17, 15) is 0 Å². The van der Waals surface area contributed by atoms with E-state index in [1.54, 1.807) is 18.3 Å². The molecule has 0 aliphatic carbocycles. The fourth-order valence-corrected chi connectivity index (χ4v) is 1.75. The van der Waals surface area contributed by atoms with Crippen molar-refractivity contribution in [3.8, 4) is 0 Å². The number of hydrogen-bond donors (Lipinski definition) is 2. The van der Waals surface area contributed by atoms with Gasteiger partial charge in [-0.15, -0.1) is 0 Å². The molecule has 1 aromatic heterocycles. The minimum absolute atomic E-state index is 0.194. The molecule has 3 N–H and O–H groups in total. The summed E-state index contributed by atoms with van der Waals surface area (Å²) in [6.07, 6.45) is 1.58. The molecule has 1 aromatic carbocycles. The molecular weight excluding hydrogens is 259 g/mol. The molecule has 0 spiro atoms. The van der Waals surface area contributed by atoms with Crippen molar-refractivity contribution in [1.82, 2.24) is 9.97 Å². The molecule has 0 atom stereocenters.